The number of hydrogen-bond donors (Lipinski definition) is 0. The predicted octanol–water partition coefficient (Wildman–Crippen LogP) is 30.8. The lowest BCUT2D eigenvalue weighted by atomic mass is 9.79. The Hall–Kier alpha value is -9.90. The van der Waals surface area contributed by atoms with Crippen molar-refractivity contribution in [2.24, 2.45) is 0 Å². The molecule has 3 heteroatoms. The van der Waals surface area contributed by atoms with Crippen LogP contribution < -0.4 is 0 Å². The molecule has 16 aromatic rings. The maximum Gasteiger partial charge on any atom is 0.0466 e. The second-order valence-electron chi connectivity index (χ2n) is 34.9. The molecule has 0 N–H and O–H groups in total. The van der Waals surface area contributed by atoms with E-state index in [0.29, 0.717) is 11.8 Å². The van der Waals surface area contributed by atoms with Crippen molar-refractivity contribution < 1.29 is 4.74 Å². The fourth-order valence-corrected chi connectivity index (χ4v) is 22.6. The van der Waals surface area contributed by atoms with Crippen molar-refractivity contribution in [3.63, 3.8) is 0 Å². The van der Waals surface area contributed by atoms with Gasteiger partial charge in [-0.3, -0.25) is 0 Å². The van der Waals surface area contributed by atoms with Gasteiger partial charge in [-0.1, -0.05) is 318 Å². The molecule has 2 saturated carbocycles. The van der Waals surface area contributed by atoms with E-state index < -0.39 is 0 Å². The van der Waals surface area contributed by atoms with Crippen molar-refractivity contribution in [1.82, 2.24) is 0 Å². The highest BCUT2D eigenvalue weighted by Crippen LogP contribution is 2.58. The number of halogens is 1. The first-order chi connectivity index (χ1) is 52.5. The van der Waals surface area contributed by atoms with E-state index in [1.807, 2.05) is 0 Å². The molecule has 111 heavy (non-hydrogen) atoms. The Balaban J connectivity index is 0.000000142. The second-order valence-corrected chi connectivity index (χ2v) is 35.7. The summed E-state index contributed by atoms with van der Waals surface area (Å²) in [5.74, 6) is 1.21. The highest BCUT2D eigenvalue weighted by atomic mass is 79.9. The van der Waals surface area contributed by atoms with E-state index in [0.717, 1.165) is 17.7 Å². The molecule has 1 nitrogen and oxygen atoms in total. The van der Waals surface area contributed by atoms with E-state index in [-0.39, 0.29) is 44.9 Å². The summed E-state index contributed by atoms with van der Waals surface area (Å²) >= 11 is 4.11. The second kappa shape index (κ2) is 26.9. The Morgan fingerprint density at radius 2 is 0.541 bits per heavy atom. The fraction of sp³-hybridized carbons (Fsp3) is 0.259. The SMILES string of the molecule is C.C.C1CCOC1.CC1(C)c2ccccc2-c2ccc(-c3cc(Br)c4ccc5c(-c6ccc7c(c6)C(C)(C)c6ccccc6-7)cc(C6CCCC6)c6ccc3c4c56)cc21.CC1(C)c2ccccc2-c2ccc(-c3ccc4ccc5c(-c6ccc7c(c6)C(C)(C)c6ccccc6-7)cc(C6CCCC6)c6ccc3c4c56)cc21.[B]. The zero-order valence-corrected chi connectivity index (χ0v) is 65.8. The molecular formula is C108H99BBrO. The third kappa shape index (κ3) is 10.8. The molecule has 0 spiro atoms. The minimum atomic E-state index is -0.0418. The van der Waals surface area contributed by atoms with Gasteiger partial charge in [0.05, 0.1) is 0 Å². The summed E-state index contributed by atoms with van der Waals surface area (Å²) in [4.78, 5) is 0. The molecular weight excluding hydrogens is 1400 g/mol. The summed E-state index contributed by atoms with van der Waals surface area (Å²) in [6.45, 7) is 21.1. The standard InChI is InChI=1S/C51H41Br.C51H42.C4H8O.2CH4.B/c1-50(2)43-15-9-7-13-32(43)34-19-17-30(25-45(34)50)41-27-40(29-11-5-6-12-29)36-21-22-38-42(28-47(52)39-24-23-37(41)48(36)49(38)39)31-18-20-35-33-14-8-10-16-44(33)51(3,4)46(35)26-31;1-50(2)44-15-9-7-13-35(44)37-22-19-32(27-46(37)50)34-21-17-31-18-24-40-43(29-42(30-11-5-6-12-30)41-26-25-39(34)48(31)49(40)41)33-20-23-38-36-14-8-10-16-45(36)51(3,4)47(38)28-33;1-2-4-5-3-1;;;/h7-10,13-29H,5-6,11-12H2,1-4H3;7-10,13-30H,5-6,11-12H2,1-4H3;1-4H2;2*1H4;. The van der Waals surface area contributed by atoms with Crippen LogP contribution >= 0.6 is 15.9 Å². The van der Waals surface area contributed by atoms with Crippen LogP contribution in [0.15, 0.2) is 253 Å². The van der Waals surface area contributed by atoms with Gasteiger partial charge in [-0.2, -0.15) is 0 Å². The lowest BCUT2D eigenvalue weighted by molar-refractivity contribution is 0.198. The minimum absolute atomic E-state index is 0. The van der Waals surface area contributed by atoms with E-state index in [9.17, 15) is 0 Å². The van der Waals surface area contributed by atoms with E-state index >= 15 is 0 Å². The summed E-state index contributed by atoms with van der Waals surface area (Å²) in [7, 11) is 0. The number of rotatable bonds is 6. The number of fused-ring (bicyclic) bond motifs is 12. The summed E-state index contributed by atoms with van der Waals surface area (Å²) < 4.78 is 6.11. The van der Waals surface area contributed by atoms with Gasteiger partial charge in [-0.25, -0.2) is 0 Å². The number of hydrogen-bond acceptors (Lipinski definition) is 1. The first kappa shape index (κ1) is 72.6. The molecule has 23 rings (SSSR count). The first-order valence-electron chi connectivity index (χ1n) is 40.3. The van der Waals surface area contributed by atoms with Gasteiger partial charge in [-0.15, -0.1) is 0 Å². The maximum atomic E-state index is 4.94. The zero-order valence-electron chi connectivity index (χ0n) is 64.2. The van der Waals surface area contributed by atoms with Gasteiger partial charge in [0.1, 0.15) is 0 Å². The molecule has 1 heterocycles. The van der Waals surface area contributed by atoms with Crippen LogP contribution in [0.5, 0.6) is 0 Å². The van der Waals surface area contributed by atoms with Crippen LogP contribution in [0.3, 0.4) is 0 Å². The average Bonchev–Trinajstić information content (AvgIpc) is 1.06. The molecule has 0 unspecified atom stereocenters. The molecule has 1 aliphatic heterocycles. The molecule has 547 valence electrons. The van der Waals surface area contributed by atoms with Crippen LogP contribution in [-0.2, 0) is 26.4 Å². The van der Waals surface area contributed by atoms with Crippen molar-refractivity contribution in [2.75, 3.05) is 13.2 Å². The summed E-state index contributed by atoms with van der Waals surface area (Å²) in [5, 5.41) is 16.6. The fourth-order valence-electron chi connectivity index (χ4n) is 22.0. The number of benzene rings is 16. The van der Waals surface area contributed by atoms with Gasteiger partial charge in [0.2, 0.25) is 0 Å². The van der Waals surface area contributed by atoms with Crippen molar-refractivity contribution in [1.29, 1.82) is 0 Å². The van der Waals surface area contributed by atoms with E-state index in [4.69, 9.17) is 4.74 Å². The molecule has 0 amide bonds. The Kier molecular flexibility index (Phi) is 17.6. The molecule has 3 fully saturated rings. The largest absolute Gasteiger partial charge is 0.381 e. The predicted molar refractivity (Wildman–Crippen MR) is 482 cm³/mol. The van der Waals surface area contributed by atoms with Crippen molar-refractivity contribution in [3.8, 4) is 89.0 Å². The average molecular weight is 1500 g/mol. The Bertz CT molecular complexity index is 6430. The topological polar surface area (TPSA) is 9.23 Å². The Morgan fingerprint density at radius 3 is 0.910 bits per heavy atom. The summed E-state index contributed by atoms with van der Waals surface area (Å²) in [6, 6.07) is 96.7. The molecule has 1 saturated heterocycles. The first-order valence-corrected chi connectivity index (χ1v) is 41.1. The van der Waals surface area contributed by atoms with E-state index in [1.165, 1.54) is 268 Å². The van der Waals surface area contributed by atoms with Crippen molar-refractivity contribution in [2.45, 2.75) is 168 Å². The van der Waals surface area contributed by atoms with Crippen molar-refractivity contribution >= 4 is 89.0 Å². The van der Waals surface area contributed by atoms with Crippen LogP contribution in [0.2, 0.25) is 0 Å². The molecule has 0 bridgehead atoms. The van der Waals surface area contributed by atoms with E-state index in [1.54, 1.807) is 5.56 Å². The molecule has 6 aliphatic carbocycles. The van der Waals surface area contributed by atoms with Crippen LogP contribution in [0.25, 0.3) is 154 Å². The Labute approximate surface area is 667 Å². The molecule has 7 aliphatic rings. The van der Waals surface area contributed by atoms with E-state index in [2.05, 4.69) is 320 Å². The van der Waals surface area contributed by atoms with Gasteiger partial charge >= 0.3 is 0 Å². The van der Waals surface area contributed by atoms with Crippen LogP contribution in [0, 0.1) is 0 Å². The molecule has 16 aromatic carbocycles. The quantitative estimate of drug-likeness (QED) is 0.119. The molecule has 3 radical (unpaired) electrons. The highest BCUT2D eigenvalue weighted by Gasteiger charge is 2.40. The van der Waals surface area contributed by atoms with Gasteiger partial charge in [-0.05, 0) is 302 Å². The summed E-state index contributed by atoms with van der Waals surface area (Å²) in [5.41, 5.74) is 36.1. The number of ether oxygens (including phenoxy) is 1. The van der Waals surface area contributed by atoms with Crippen LogP contribution in [0.4, 0.5) is 0 Å². The van der Waals surface area contributed by atoms with Crippen LogP contribution in [-0.4, -0.2) is 21.6 Å². The summed E-state index contributed by atoms with van der Waals surface area (Å²) in [6.07, 6.45) is 13.0. The van der Waals surface area contributed by atoms with Crippen molar-refractivity contribution in [3.05, 3.63) is 309 Å². The van der Waals surface area contributed by atoms with Gasteiger partial charge in [0.15, 0.2) is 0 Å². The molecule has 0 atom stereocenters. The van der Waals surface area contributed by atoms with Gasteiger partial charge < -0.3 is 4.74 Å². The third-order valence-electron chi connectivity index (χ3n) is 27.7. The Morgan fingerprint density at radius 1 is 0.261 bits per heavy atom. The van der Waals surface area contributed by atoms with Gasteiger partial charge in [0, 0.05) is 47.8 Å². The normalized spacial score (nSPS) is 16.8. The lowest BCUT2D eigenvalue weighted by Crippen LogP contribution is -2.14. The smallest absolute Gasteiger partial charge is 0.0466 e. The van der Waals surface area contributed by atoms with Crippen LogP contribution in [0.1, 0.15) is 202 Å². The minimum Gasteiger partial charge on any atom is -0.381 e. The highest BCUT2D eigenvalue weighted by molar-refractivity contribution is 9.10. The third-order valence-corrected chi connectivity index (χ3v) is 28.3. The zero-order chi connectivity index (χ0) is 72.9. The maximum absolute atomic E-state index is 4.94. The van der Waals surface area contributed by atoms with Gasteiger partial charge in [0.25, 0.3) is 0 Å². The molecule has 0 aromatic heterocycles. The lowest BCUT2D eigenvalue weighted by Gasteiger charge is -2.24. The monoisotopic (exact) mass is 1500 g/mol.